The van der Waals surface area contributed by atoms with Crippen LogP contribution in [-0.4, -0.2) is 25.1 Å². The zero-order valence-corrected chi connectivity index (χ0v) is 9.20. The summed E-state index contributed by atoms with van der Waals surface area (Å²) in [6.45, 7) is 0.334. The molecule has 1 atom stereocenters. The third-order valence-corrected chi connectivity index (χ3v) is 2.71. The fraction of sp³-hybridized carbons (Fsp3) is 0.300. The van der Waals surface area contributed by atoms with Crippen LogP contribution in [0, 0.1) is 0 Å². The Morgan fingerprint density at radius 1 is 1.47 bits per heavy atom. The average Bonchev–Trinajstić information content (AvgIpc) is 2.59. The van der Waals surface area contributed by atoms with E-state index in [9.17, 15) is 4.79 Å². The number of rotatable bonds is 2. The van der Waals surface area contributed by atoms with Gasteiger partial charge in [0, 0.05) is 5.69 Å². The van der Waals surface area contributed by atoms with Gasteiger partial charge in [-0.25, -0.2) is 0 Å². The minimum absolute atomic E-state index is 0.0279. The van der Waals surface area contributed by atoms with Crippen molar-refractivity contribution in [3.8, 4) is 5.75 Å². The van der Waals surface area contributed by atoms with E-state index in [-0.39, 0.29) is 11.4 Å². The number of carbonyl (C=O) groups excluding carboxylic acids is 1. The predicted molar refractivity (Wildman–Crippen MR) is 61.3 cm³/mol. The highest BCUT2D eigenvalue weighted by Gasteiger charge is 2.28. The van der Waals surface area contributed by atoms with Crippen LogP contribution < -0.4 is 15.0 Å². The van der Waals surface area contributed by atoms with Crippen molar-refractivity contribution >= 4 is 24.2 Å². The number of anilines is 1. The zero-order chi connectivity index (χ0) is 10.8. The third kappa shape index (κ3) is 1.93. The fourth-order valence-corrected chi connectivity index (χ4v) is 1.87. The van der Waals surface area contributed by atoms with Crippen molar-refractivity contribution in [3.63, 3.8) is 0 Å². The molecule has 1 aliphatic heterocycles. The molecule has 0 aliphatic carbocycles. The van der Waals surface area contributed by atoms with Crippen LogP contribution in [-0.2, 0) is 4.79 Å². The highest BCUT2D eigenvalue weighted by Crippen LogP contribution is 2.23. The molecule has 1 aromatic carbocycles. The summed E-state index contributed by atoms with van der Waals surface area (Å²) >= 11 is 4.27. The molecule has 5 heteroatoms. The molecule has 0 spiro atoms. The van der Waals surface area contributed by atoms with Crippen molar-refractivity contribution in [2.24, 2.45) is 0 Å². The van der Waals surface area contributed by atoms with E-state index in [0.29, 0.717) is 6.54 Å². The molecule has 1 aromatic rings. The summed E-state index contributed by atoms with van der Waals surface area (Å²) in [4.78, 5) is 13.1. The van der Waals surface area contributed by atoms with Gasteiger partial charge in [0.1, 0.15) is 11.2 Å². The average molecular weight is 224 g/mol. The minimum atomic E-state index is -0.245. The molecule has 2 rings (SSSR count). The number of benzene rings is 1. The first-order chi connectivity index (χ1) is 7.22. The van der Waals surface area contributed by atoms with E-state index < -0.39 is 0 Å². The van der Waals surface area contributed by atoms with Crippen LogP contribution in [0.5, 0.6) is 5.75 Å². The number of nitrogens with one attached hydrogen (secondary N) is 1. The summed E-state index contributed by atoms with van der Waals surface area (Å²) in [5.74, 6) is 0.800. The Bertz CT molecular complexity index is 366. The lowest BCUT2D eigenvalue weighted by Crippen LogP contribution is -2.32. The molecule has 0 radical (unpaired) electrons. The van der Waals surface area contributed by atoms with Gasteiger partial charge in [-0.1, -0.05) is 0 Å². The van der Waals surface area contributed by atoms with Gasteiger partial charge in [-0.15, -0.1) is 12.6 Å². The molecule has 1 aliphatic rings. The smallest absolute Gasteiger partial charge is 0.243 e. The van der Waals surface area contributed by atoms with Crippen LogP contribution >= 0.6 is 12.6 Å². The van der Waals surface area contributed by atoms with E-state index in [0.717, 1.165) is 11.4 Å². The van der Waals surface area contributed by atoms with E-state index in [2.05, 4.69) is 17.9 Å². The van der Waals surface area contributed by atoms with Crippen LogP contribution in [0.4, 0.5) is 5.69 Å². The molecule has 1 N–H and O–H groups in total. The maximum absolute atomic E-state index is 11.5. The summed E-state index contributed by atoms with van der Waals surface area (Å²) < 4.78 is 5.05. The van der Waals surface area contributed by atoms with Gasteiger partial charge in [0.15, 0.2) is 0 Å². The maximum Gasteiger partial charge on any atom is 0.243 e. The Labute approximate surface area is 93.6 Å². The van der Waals surface area contributed by atoms with Gasteiger partial charge in [0.05, 0.1) is 13.7 Å². The first-order valence-electron chi connectivity index (χ1n) is 4.60. The Balaban J connectivity index is 2.25. The van der Waals surface area contributed by atoms with E-state index in [1.165, 1.54) is 0 Å². The van der Waals surface area contributed by atoms with Gasteiger partial charge in [0.2, 0.25) is 5.91 Å². The molecule has 0 saturated carbocycles. The third-order valence-electron chi connectivity index (χ3n) is 2.30. The molecule has 0 aromatic heterocycles. The van der Waals surface area contributed by atoms with Crippen LogP contribution in [0.3, 0.4) is 0 Å². The van der Waals surface area contributed by atoms with Crippen LogP contribution in [0.1, 0.15) is 0 Å². The lowest BCUT2D eigenvalue weighted by atomic mass is 10.3. The molecule has 15 heavy (non-hydrogen) atoms. The van der Waals surface area contributed by atoms with Gasteiger partial charge < -0.3 is 4.74 Å². The van der Waals surface area contributed by atoms with Crippen LogP contribution in [0.25, 0.3) is 0 Å². The summed E-state index contributed by atoms with van der Waals surface area (Å²) in [7, 11) is 1.61. The quantitative estimate of drug-likeness (QED) is 0.732. The number of ether oxygens (including phenoxy) is 1. The van der Waals surface area contributed by atoms with Crippen LogP contribution in [0.15, 0.2) is 24.3 Å². The Hall–Kier alpha value is -1.20. The van der Waals surface area contributed by atoms with Gasteiger partial charge >= 0.3 is 0 Å². The number of hydrogen-bond donors (Lipinski definition) is 2. The molecule has 0 bridgehead atoms. The molecular formula is C10H12N2O2S. The molecule has 1 unspecified atom stereocenters. The van der Waals surface area contributed by atoms with Crippen LogP contribution in [0.2, 0.25) is 0 Å². The molecule has 1 saturated heterocycles. The normalized spacial score (nSPS) is 20.8. The van der Waals surface area contributed by atoms with Crippen molar-refractivity contribution in [2.75, 3.05) is 18.6 Å². The number of hydrogen-bond acceptors (Lipinski definition) is 4. The predicted octanol–water partition coefficient (Wildman–Crippen LogP) is 0.845. The van der Waals surface area contributed by atoms with Crippen molar-refractivity contribution in [3.05, 3.63) is 24.3 Å². The number of methoxy groups -OCH3 is 1. The largest absolute Gasteiger partial charge is 0.497 e. The number of nitrogens with zero attached hydrogens (tertiary/aromatic N) is 1. The maximum atomic E-state index is 11.5. The minimum Gasteiger partial charge on any atom is -0.497 e. The van der Waals surface area contributed by atoms with E-state index in [4.69, 9.17) is 4.74 Å². The lowest BCUT2D eigenvalue weighted by Gasteiger charge is -2.20. The van der Waals surface area contributed by atoms with E-state index in [1.807, 2.05) is 24.3 Å². The van der Waals surface area contributed by atoms with Crippen molar-refractivity contribution in [1.82, 2.24) is 5.32 Å². The summed E-state index contributed by atoms with van der Waals surface area (Å²) in [6, 6.07) is 7.32. The zero-order valence-electron chi connectivity index (χ0n) is 8.30. The first kappa shape index (κ1) is 10.3. The van der Waals surface area contributed by atoms with Gasteiger partial charge in [-0.2, -0.15) is 0 Å². The standard InChI is InChI=1S/C10H12N2O2S/c1-14-8-4-2-7(3-5-8)12-9(13)6-11-10(12)15/h2-5,10-11,15H,6H2,1H3. The fourth-order valence-electron chi connectivity index (χ4n) is 1.52. The number of carbonyl (C=O) groups is 1. The second kappa shape index (κ2) is 4.12. The Morgan fingerprint density at radius 3 is 2.60 bits per heavy atom. The van der Waals surface area contributed by atoms with E-state index >= 15 is 0 Å². The lowest BCUT2D eigenvalue weighted by molar-refractivity contribution is -0.116. The Kier molecular flexibility index (Phi) is 2.83. The second-order valence-electron chi connectivity index (χ2n) is 3.22. The summed E-state index contributed by atoms with van der Waals surface area (Å²) in [5.41, 5.74) is 0.580. The molecule has 1 heterocycles. The highest BCUT2D eigenvalue weighted by molar-refractivity contribution is 7.81. The van der Waals surface area contributed by atoms with Gasteiger partial charge in [-0.05, 0) is 24.3 Å². The summed E-state index contributed by atoms with van der Waals surface area (Å²) in [5, 5.41) is 2.96. The van der Waals surface area contributed by atoms with Crippen molar-refractivity contribution in [2.45, 2.75) is 5.50 Å². The Morgan fingerprint density at radius 2 is 2.13 bits per heavy atom. The second-order valence-corrected chi connectivity index (χ2v) is 3.71. The van der Waals surface area contributed by atoms with Gasteiger partial charge in [0.25, 0.3) is 0 Å². The van der Waals surface area contributed by atoms with Crippen molar-refractivity contribution in [1.29, 1.82) is 0 Å². The summed E-state index contributed by atoms with van der Waals surface area (Å²) in [6.07, 6.45) is 0. The number of thiol groups is 1. The number of amides is 1. The monoisotopic (exact) mass is 224 g/mol. The highest BCUT2D eigenvalue weighted by atomic mass is 32.1. The first-order valence-corrected chi connectivity index (χ1v) is 5.11. The molecule has 4 nitrogen and oxygen atoms in total. The topological polar surface area (TPSA) is 41.6 Å². The molecule has 80 valence electrons. The SMILES string of the molecule is COc1ccc(N2C(=O)CNC2S)cc1. The van der Waals surface area contributed by atoms with E-state index in [1.54, 1.807) is 12.0 Å². The van der Waals surface area contributed by atoms with Crippen molar-refractivity contribution < 1.29 is 9.53 Å². The molecule has 1 fully saturated rings. The molecule has 1 amide bonds. The molecular weight excluding hydrogens is 212 g/mol. The van der Waals surface area contributed by atoms with Gasteiger partial charge in [-0.3, -0.25) is 15.0 Å².